The van der Waals surface area contributed by atoms with Crippen molar-refractivity contribution >= 4 is 5.57 Å². The molecular weight excluding hydrogens is 218 g/mol. The average Bonchev–Trinajstić information content (AvgIpc) is 2.69. The smallest absolute Gasteiger partial charge is 0.222 e. The van der Waals surface area contributed by atoms with Gasteiger partial charge in [0, 0.05) is 10.5 Å². The second-order valence-electron chi connectivity index (χ2n) is 3.29. The molecule has 1 rings (SSSR count). The number of imidazole rings is 1. The maximum atomic E-state index is 10.2. The van der Waals surface area contributed by atoms with E-state index in [2.05, 4.69) is 21.8 Å². The van der Waals surface area contributed by atoms with Gasteiger partial charge in [-0.3, -0.25) is 10.1 Å². The van der Waals surface area contributed by atoms with Crippen molar-refractivity contribution in [2.45, 2.75) is 13.8 Å². The zero-order valence-corrected chi connectivity index (χ0v) is 9.73. The molecule has 0 fully saturated rings. The van der Waals surface area contributed by atoms with Gasteiger partial charge in [0.25, 0.3) is 0 Å². The number of nitro groups is 1. The van der Waals surface area contributed by atoms with E-state index in [0.717, 1.165) is 17.1 Å². The Labute approximate surface area is 99.4 Å². The first-order chi connectivity index (χ1) is 8.13. The number of allylic oxidation sites excluding steroid dienone is 3. The number of hydrogen-bond acceptors (Lipinski definition) is 3. The Morgan fingerprint density at radius 1 is 1.71 bits per heavy atom. The van der Waals surface area contributed by atoms with Gasteiger partial charge in [0.1, 0.15) is 5.82 Å². The third-order valence-corrected chi connectivity index (χ3v) is 1.94. The predicted octanol–water partition coefficient (Wildman–Crippen LogP) is 1.96. The van der Waals surface area contributed by atoms with Crippen LogP contribution < -0.4 is 0 Å². The van der Waals surface area contributed by atoms with Crippen LogP contribution in [0.5, 0.6) is 0 Å². The molecule has 5 nitrogen and oxygen atoms in total. The summed E-state index contributed by atoms with van der Waals surface area (Å²) in [6, 6.07) is 0. The zero-order valence-electron chi connectivity index (χ0n) is 9.73. The molecule has 0 aromatic carbocycles. The maximum Gasteiger partial charge on any atom is 0.222 e. The molecular formula is C12H13N3O2. The Morgan fingerprint density at radius 3 is 3.00 bits per heavy atom. The lowest BCUT2D eigenvalue weighted by molar-refractivity contribution is -0.468. The SMILES string of the molecule is CC#C/C=C(\C=C/C[N+](=O)[O-])c1cnc(C)[nH]1. The van der Waals surface area contributed by atoms with Crippen LogP contribution in [-0.4, -0.2) is 21.4 Å². The number of aromatic nitrogens is 2. The molecule has 88 valence electrons. The highest BCUT2D eigenvalue weighted by molar-refractivity contribution is 5.73. The number of aryl methyl sites for hydroxylation is 1. The number of hydrogen-bond donors (Lipinski definition) is 1. The van der Waals surface area contributed by atoms with Crippen molar-refractivity contribution in [2.24, 2.45) is 0 Å². The van der Waals surface area contributed by atoms with Gasteiger partial charge in [-0.2, -0.15) is 0 Å². The molecule has 0 bridgehead atoms. The van der Waals surface area contributed by atoms with Gasteiger partial charge < -0.3 is 4.98 Å². The number of aromatic amines is 1. The quantitative estimate of drug-likeness (QED) is 0.372. The Kier molecular flexibility index (Phi) is 4.70. The highest BCUT2D eigenvalue weighted by Crippen LogP contribution is 2.13. The van der Waals surface area contributed by atoms with Crippen LogP contribution in [0.1, 0.15) is 18.4 Å². The van der Waals surface area contributed by atoms with Gasteiger partial charge >= 0.3 is 0 Å². The molecule has 0 unspecified atom stereocenters. The van der Waals surface area contributed by atoms with Crippen LogP contribution in [-0.2, 0) is 0 Å². The molecule has 0 radical (unpaired) electrons. The van der Waals surface area contributed by atoms with E-state index < -0.39 is 4.92 Å². The van der Waals surface area contributed by atoms with Crippen LogP contribution in [0.15, 0.2) is 24.4 Å². The molecule has 0 amide bonds. The fraction of sp³-hybridized carbons (Fsp3) is 0.250. The van der Waals surface area contributed by atoms with Crippen LogP contribution in [0.2, 0.25) is 0 Å². The third kappa shape index (κ3) is 4.34. The number of nitrogens with one attached hydrogen (secondary N) is 1. The molecule has 0 aliphatic heterocycles. The summed E-state index contributed by atoms with van der Waals surface area (Å²) in [5.74, 6) is 6.35. The van der Waals surface area contributed by atoms with Crippen molar-refractivity contribution in [1.29, 1.82) is 0 Å². The van der Waals surface area contributed by atoms with Gasteiger partial charge in [0.15, 0.2) is 0 Å². The minimum absolute atomic E-state index is 0.204. The van der Waals surface area contributed by atoms with Gasteiger partial charge in [-0.05, 0) is 32.1 Å². The highest BCUT2D eigenvalue weighted by Gasteiger charge is 2.01. The molecule has 0 aliphatic rings. The van der Waals surface area contributed by atoms with E-state index in [1.807, 2.05) is 6.92 Å². The fourth-order valence-electron chi connectivity index (χ4n) is 1.20. The van der Waals surface area contributed by atoms with Crippen LogP contribution >= 0.6 is 0 Å². The van der Waals surface area contributed by atoms with E-state index in [9.17, 15) is 10.1 Å². The van der Waals surface area contributed by atoms with E-state index in [0.29, 0.717) is 0 Å². The van der Waals surface area contributed by atoms with E-state index in [1.165, 1.54) is 6.08 Å². The summed E-state index contributed by atoms with van der Waals surface area (Å²) in [4.78, 5) is 17.0. The van der Waals surface area contributed by atoms with E-state index >= 15 is 0 Å². The van der Waals surface area contributed by atoms with Crippen LogP contribution in [0.25, 0.3) is 5.57 Å². The largest absolute Gasteiger partial charge is 0.342 e. The second-order valence-corrected chi connectivity index (χ2v) is 3.29. The summed E-state index contributed by atoms with van der Waals surface area (Å²) >= 11 is 0. The molecule has 0 atom stereocenters. The average molecular weight is 231 g/mol. The molecule has 0 saturated heterocycles. The molecule has 0 spiro atoms. The summed E-state index contributed by atoms with van der Waals surface area (Å²) in [5, 5.41) is 10.2. The minimum Gasteiger partial charge on any atom is -0.342 e. The Bertz CT molecular complexity index is 515. The molecule has 1 N–H and O–H groups in total. The van der Waals surface area contributed by atoms with Gasteiger partial charge in [-0.25, -0.2) is 4.98 Å². The standard InChI is InChI=1S/C12H13N3O2/c1-3-4-6-11(7-5-8-15(16)17)12-9-13-10(2)14-12/h5-7,9H,8H2,1-2H3,(H,13,14)/b7-5-,11-6+. The molecule has 1 aromatic heterocycles. The summed E-state index contributed by atoms with van der Waals surface area (Å²) in [6.45, 7) is 3.37. The second kappa shape index (κ2) is 6.28. The predicted molar refractivity (Wildman–Crippen MR) is 65.8 cm³/mol. The van der Waals surface area contributed by atoms with Crippen molar-refractivity contribution in [3.05, 3.63) is 46.1 Å². The first kappa shape index (κ1) is 12.7. The van der Waals surface area contributed by atoms with Gasteiger partial charge in [-0.15, -0.1) is 5.92 Å². The molecule has 0 aliphatic carbocycles. The fourth-order valence-corrected chi connectivity index (χ4v) is 1.20. The lowest BCUT2D eigenvalue weighted by atomic mass is 10.1. The number of H-pyrrole nitrogens is 1. The van der Waals surface area contributed by atoms with Gasteiger partial charge in [0.2, 0.25) is 6.54 Å². The van der Waals surface area contributed by atoms with Crippen LogP contribution in [0, 0.1) is 28.9 Å². The lowest BCUT2D eigenvalue weighted by Crippen LogP contribution is -1.95. The molecule has 1 aromatic rings. The first-order valence-corrected chi connectivity index (χ1v) is 5.06. The van der Waals surface area contributed by atoms with Crippen molar-refractivity contribution < 1.29 is 4.92 Å². The highest BCUT2D eigenvalue weighted by atomic mass is 16.6. The summed E-state index contributed by atoms with van der Waals surface area (Å²) in [5.41, 5.74) is 1.58. The van der Waals surface area contributed by atoms with Crippen molar-refractivity contribution in [2.75, 3.05) is 6.54 Å². The Balaban J connectivity index is 2.92. The van der Waals surface area contributed by atoms with Crippen LogP contribution in [0.3, 0.4) is 0 Å². The van der Waals surface area contributed by atoms with E-state index in [-0.39, 0.29) is 6.54 Å². The van der Waals surface area contributed by atoms with Crippen LogP contribution in [0.4, 0.5) is 0 Å². The molecule has 5 heteroatoms. The number of nitrogens with zero attached hydrogens (tertiary/aromatic N) is 2. The molecule has 17 heavy (non-hydrogen) atoms. The van der Waals surface area contributed by atoms with Gasteiger partial charge in [-0.1, -0.05) is 5.92 Å². The Morgan fingerprint density at radius 2 is 2.47 bits per heavy atom. The van der Waals surface area contributed by atoms with E-state index in [1.54, 1.807) is 25.3 Å². The molecule has 0 saturated carbocycles. The summed E-state index contributed by atoms with van der Waals surface area (Å²) in [7, 11) is 0. The maximum absolute atomic E-state index is 10.2. The normalized spacial score (nSPS) is 11.3. The van der Waals surface area contributed by atoms with Gasteiger partial charge in [0.05, 0.1) is 11.9 Å². The summed E-state index contributed by atoms with van der Waals surface area (Å²) in [6.07, 6.45) is 6.53. The topological polar surface area (TPSA) is 71.8 Å². The van der Waals surface area contributed by atoms with Crippen molar-refractivity contribution in [1.82, 2.24) is 9.97 Å². The van der Waals surface area contributed by atoms with E-state index in [4.69, 9.17) is 0 Å². The van der Waals surface area contributed by atoms with Crippen molar-refractivity contribution in [3.8, 4) is 11.8 Å². The first-order valence-electron chi connectivity index (χ1n) is 5.06. The molecule has 1 heterocycles. The number of rotatable bonds is 4. The third-order valence-electron chi connectivity index (χ3n) is 1.94. The monoisotopic (exact) mass is 231 g/mol. The zero-order chi connectivity index (χ0) is 12.7. The lowest BCUT2D eigenvalue weighted by Gasteiger charge is -1.95. The van der Waals surface area contributed by atoms with Crippen molar-refractivity contribution in [3.63, 3.8) is 0 Å². The minimum atomic E-state index is -0.391. The summed E-state index contributed by atoms with van der Waals surface area (Å²) < 4.78 is 0. The Hall–Kier alpha value is -2.35.